The quantitative estimate of drug-likeness (QED) is 0.461. The van der Waals surface area contributed by atoms with E-state index in [0.29, 0.717) is 11.1 Å². The molecule has 0 atom stereocenters. The van der Waals surface area contributed by atoms with Gasteiger partial charge < -0.3 is 5.11 Å². The van der Waals surface area contributed by atoms with Gasteiger partial charge in [0.15, 0.2) is 4.98 Å². The number of hydrogen-bond acceptors (Lipinski definition) is 2. The summed E-state index contributed by atoms with van der Waals surface area (Å²) in [6, 6.07) is 13.0. The minimum atomic E-state index is 0.242. The Kier molecular flexibility index (Phi) is 2.17. The molecule has 0 bridgehead atoms. The molecule has 0 aliphatic heterocycles. The maximum Gasteiger partial charge on any atom is 0.400 e. The third-order valence-corrected chi connectivity index (χ3v) is 3.30. The lowest BCUT2D eigenvalue weighted by Gasteiger charge is -2.06. The summed E-state index contributed by atoms with van der Waals surface area (Å²) in [5, 5.41) is 22.6. The van der Waals surface area contributed by atoms with Crippen molar-refractivity contribution in [2.45, 2.75) is 6.92 Å². The Bertz CT molecular complexity index is 816. The van der Waals surface area contributed by atoms with Gasteiger partial charge in [0.25, 0.3) is 0 Å². The van der Waals surface area contributed by atoms with Crippen LogP contribution in [0.15, 0.2) is 42.5 Å². The molecule has 3 rings (SSSR count). The number of rotatable bonds is 0. The van der Waals surface area contributed by atoms with Gasteiger partial charge in [-0.15, -0.1) is 0 Å². The highest BCUT2D eigenvalue weighted by Crippen LogP contribution is 2.43. The molecule has 3 aromatic rings. The number of nitrogens with zero attached hydrogens (tertiary/aromatic N) is 2. The van der Waals surface area contributed by atoms with Crippen LogP contribution in [-0.2, 0) is 0 Å². The molecular weight excluding hydrogens is 224 g/mol. The molecule has 0 saturated carbocycles. The van der Waals surface area contributed by atoms with E-state index in [0.717, 1.165) is 21.7 Å². The Morgan fingerprint density at radius 2 is 1.61 bits per heavy atom. The second-order valence-electron chi connectivity index (χ2n) is 4.34. The van der Waals surface area contributed by atoms with Gasteiger partial charge >= 0.3 is 5.69 Å². The second-order valence-corrected chi connectivity index (χ2v) is 4.34. The van der Waals surface area contributed by atoms with E-state index in [4.69, 9.17) is 0 Å². The summed E-state index contributed by atoms with van der Waals surface area (Å²) < 4.78 is 0. The van der Waals surface area contributed by atoms with E-state index in [2.05, 4.69) is 4.98 Å². The van der Waals surface area contributed by atoms with Crippen molar-refractivity contribution in [3.05, 3.63) is 53.0 Å². The Morgan fingerprint density at radius 1 is 0.944 bits per heavy atom. The maximum absolute atomic E-state index is 10.4. The largest absolute Gasteiger partial charge is 0.507 e. The summed E-state index contributed by atoms with van der Waals surface area (Å²) >= 11 is 0. The number of phenolic OH excluding ortho intramolecular Hbond substituents is 1. The molecule has 0 heterocycles. The van der Waals surface area contributed by atoms with Gasteiger partial charge in [-0.3, -0.25) is 0 Å². The first-order valence-corrected chi connectivity index (χ1v) is 5.72. The SMILES string of the molecule is Cc1cccc2c([N+]#N)c3ccccc3c(O)c12. The van der Waals surface area contributed by atoms with Crippen LogP contribution in [0.2, 0.25) is 0 Å². The van der Waals surface area contributed by atoms with Crippen LogP contribution in [0.25, 0.3) is 26.5 Å². The summed E-state index contributed by atoms with van der Waals surface area (Å²) in [7, 11) is 0. The van der Waals surface area contributed by atoms with E-state index in [1.807, 2.05) is 49.4 Å². The van der Waals surface area contributed by atoms with Crippen LogP contribution in [0, 0.1) is 12.3 Å². The summed E-state index contributed by atoms with van der Waals surface area (Å²) in [5.74, 6) is 0.242. The monoisotopic (exact) mass is 235 g/mol. The van der Waals surface area contributed by atoms with Crippen molar-refractivity contribution in [3.8, 4) is 5.75 Å². The lowest BCUT2D eigenvalue weighted by atomic mass is 9.97. The third-order valence-electron chi connectivity index (χ3n) is 3.30. The van der Waals surface area contributed by atoms with Gasteiger partial charge in [0.1, 0.15) is 5.75 Å². The standard InChI is InChI=1S/C15H10N2O/c1-9-5-4-8-12-13(9)15(18)11-7-3-2-6-10(11)14(12)17-16/h2-8H,1H3/p+1. The van der Waals surface area contributed by atoms with Gasteiger partial charge in [-0.1, -0.05) is 30.3 Å². The van der Waals surface area contributed by atoms with Crippen LogP contribution in [-0.4, -0.2) is 5.11 Å². The predicted molar refractivity (Wildman–Crippen MR) is 72.6 cm³/mol. The van der Waals surface area contributed by atoms with E-state index in [-0.39, 0.29) is 5.75 Å². The highest BCUT2D eigenvalue weighted by molar-refractivity contribution is 6.16. The number of diazo groups is 1. The molecule has 3 nitrogen and oxygen atoms in total. The highest BCUT2D eigenvalue weighted by atomic mass is 16.3. The van der Waals surface area contributed by atoms with Crippen LogP contribution in [0.3, 0.4) is 0 Å². The highest BCUT2D eigenvalue weighted by Gasteiger charge is 2.21. The Balaban J connectivity index is 2.72. The maximum atomic E-state index is 10.4. The van der Waals surface area contributed by atoms with Crippen LogP contribution in [0.1, 0.15) is 5.56 Å². The van der Waals surface area contributed by atoms with Crippen molar-refractivity contribution in [2.75, 3.05) is 0 Å². The first kappa shape index (κ1) is 10.5. The second kappa shape index (κ2) is 3.71. The fourth-order valence-corrected chi connectivity index (χ4v) is 2.46. The topological polar surface area (TPSA) is 48.4 Å². The Hall–Kier alpha value is -2.60. The van der Waals surface area contributed by atoms with Crippen molar-refractivity contribution < 1.29 is 5.11 Å². The van der Waals surface area contributed by atoms with Crippen molar-refractivity contribution in [2.24, 2.45) is 0 Å². The number of phenols is 1. The van der Waals surface area contributed by atoms with E-state index in [1.165, 1.54) is 0 Å². The molecule has 18 heavy (non-hydrogen) atoms. The first-order valence-electron chi connectivity index (χ1n) is 5.72. The van der Waals surface area contributed by atoms with Crippen LogP contribution in [0.5, 0.6) is 5.75 Å². The molecular formula is C15H11N2O+. The van der Waals surface area contributed by atoms with Gasteiger partial charge in [-0.2, -0.15) is 0 Å². The van der Waals surface area contributed by atoms with Crippen LogP contribution >= 0.6 is 0 Å². The molecule has 0 saturated heterocycles. The molecule has 0 fully saturated rings. The van der Waals surface area contributed by atoms with E-state index in [1.54, 1.807) is 0 Å². The van der Waals surface area contributed by atoms with Crippen LogP contribution < -0.4 is 0 Å². The molecule has 0 unspecified atom stereocenters. The molecule has 0 radical (unpaired) electrons. The zero-order chi connectivity index (χ0) is 12.7. The lowest BCUT2D eigenvalue weighted by Crippen LogP contribution is -1.83. The minimum absolute atomic E-state index is 0.242. The van der Waals surface area contributed by atoms with Crippen molar-refractivity contribution in [3.63, 3.8) is 0 Å². The van der Waals surface area contributed by atoms with Crippen molar-refractivity contribution >= 4 is 27.2 Å². The van der Waals surface area contributed by atoms with Crippen molar-refractivity contribution in [1.29, 1.82) is 5.39 Å². The normalized spacial score (nSPS) is 10.7. The number of aryl methyl sites for hydroxylation is 1. The molecule has 3 aromatic carbocycles. The van der Waals surface area contributed by atoms with Gasteiger partial charge in [0.2, 0.25) is 5.39 Å². The van der Waals surface area contributed by atoms with Crippen molar-refractivity contribution in [1.82, 2.24) is 0 Å². The zero-order valence-corrected chi connectivity index (χ0v) is 9.88. The number of aromatic hydroxyl groups is 1. The number of hydrogen-bond donors (Lipinski definition) is 1. The van der Waals surface area contributed by atoms with E-state index in [9.17, 15) is 10.5 Å². The van der Waals surface area contributed by atoms with Gasteiger partial charge in [-0.05, 0) is 24.6 Å². The summed E-state index contributed by atoms with van der Waals surface area (Å²) in [4.78, 5) is 3.40. The fourth-order valence-electron chi connectivity index (χ4n) is 2.46. The molecule has 0 spiro atoms. The fraction of sp³-hybridized carbons (Fsp3) is 0.0667. The van der Waals surface area contributed by atoms with Gasteiger partial charge in [0.05, 0.1) is 10.8 Å². The third kappa shape index (κ3) is 1.26. The lowest BCUT2D eigenvalue weighted by molar-refractivity contribution is 0.487. The average molecular weight is 235 g/mol. The van der Waals surface area contributed by atoms with Crippen LogP contribution in [0.4, 0.5) is 5.69 Å². The molecule has 3 heteroatoms. The summed E-state index contributed by atoms with van der Waals surface area (Å²) in [6.45, 7) is 1.93. The summed E-state index contributed by atoms with van der Waals surface area (Å²) in [5.41, 5.74) is 1.46. The van der Waals surface area contributed by atoms with Gasteiger partial charge in [0, 0.05) is 10.8 Å². The zero-order valence-electron chi connectivity index (χ0n) is 9.88. The summed E-state index contributed by atoms with van der Waals surface area (Å²) in [6.07, 6.45) is 0. The van der Waals surface area contributed by atoms with Gasteiger partial charge in [-0.25, -0.2) is 0 Å². The molecule has 0 aromatic heterocycles. The average Bonchev–Trinajstić information content (AvgIpc) is 2.39. The molecule has 0 aliphatic rings. The molecule has 0 aliphatic carbocycles. The number of fused-ring (bicyclic) bond motifs is 2. The molecule has 0 amide bonds. The molecule has 86 valence electrons. The number of benzene rings is 3. The van der Waals surface area contributed by atoms with E-state index < -0.39 is 0 Å². The minimum Gasteiger partial charge on any atom is -0.507 e. The molecule has 1 N–H and O–H groups in total. The first-order chi connectivity index (χ1) is 8.74. The Labute approximate surface area is 104 Å². The smallest absolute Gasteiger partial charge is 0.400 e. The Morgan fingerprint density at radius 3 is 2.33 bits per heavy atom. The predicted octanol–water partition coefficient (Wildman–Crippen LogP) is 4.49. The van der Waals surface area contributed by atoms with E-state index >= 15 is 0 Å².